The number of methoxy groups -OCH3 is 1. The normalized spacial score (nSPS) is 28.3. The molecule has 0 spiro atoms. The molecule has 1 aliphatic heterocycles. The zero-order valence-electron chi connectivity index (χ0n) is 11.7. The van der Waals surface area contributed by atoms with E-state index in [0.29, 0.717) is 6.04 Å². The average molecular weight is 251 g/mol. The van der Waals surface area contributed by atoms with E-state index in [9.17, 15) is 5.11 Å². The third kappa shape index (κ3) is 2.78. The number of nitrogens with zero attached hydrogens (tertiary/aromatic N) is 1. The maximum atomic E-state index is 10.8. The summed E-state index contributed by atoms with van der Waals surface area (Å²) in [7, 11) is 1.70. The minimum atomic E-state index is -0.556. The van der Waals surface area contributed by atoms with Gasteiger partial charge in [0, 0.05) is 31.5 Å². The van der Waals surface area contributed by atoms with Gasteiger partial charge in [-0.05, 0) is 32.8 Å². The molecule has 1 N–H and O–H groups in total. The number of likely N-dealkylation sites (tertiary alicyclic amines) is 1. The van der Waals surface area contributed by atoms with Gasteiger partial charge in [-0.3, -0.25) is 0 Å². The predicted molar refractivity (Wildman–Crippen MR) is 73.2 cm³/mol. The number of allylic oxidation sites excluding steroid dienone is 3. The van der Waals surface area contributed by atoms with Gasteiger partial charge in [-0.2, -0.15) is 0 Å². The first-order valence-electron chi connectivity index (χ1n) is 6.93. The molecule has 0 amide bonds. The molecule has 1 aliphatic carbocycles. The van der Waals surface area contributed by atoms with Crippen LogP contribution in [0, 0.1) is 5.92 Å². The van der Waals surface area contributed by atoms with Crippen molar-refractivity contribution in [2.75, 3.05) is 20.2 Å². The fraction of sp³-hybridized carbons (Fsp3) is 0.733. The summed E-state index contributed by atoms with van der Waals surface area (Å²) in [6.07, 6.45) is 8.68. The van der Waals surface area contributed by atoms with Crippen molar-refractivity contribution in [2.45, 2.75) is 44.8 Å². The maximum absolute atomic E-state index is 10.8. The topological polar surface area (TPSA) is 32.7 Å². The number of piperidine rings is 1. The molecule has 0 bridgehead atoms. The van der Waals surface area contributed by atoms with Crippen LogP contribution in [0.1, 0.15) is 33.1 Å². The van der Waals surface area contributed by atoms with Gasteiger partial charge in [0.15, 0.2) is 0 Å². The first-order chi connectivity index (χ1) is 8.55. The second kappa shape index (κ2) is 5.45. The van der Waals surface area contributed by atoms with Crippen LogP contribution >= 0.6 is 0 Å². The first-order valence-corrected chi connectivity index (χ1v) is 6.93. The van der Waals surface area contributed by atoms with Crippen LogP contribution in [-0.2, 0) is 4.74 Å². The molecule has 2 rings (SSSR count). The first kappa shape index (κ1) is 13.6. The van der Waals surface area contributed by atoms with E-state index in [0.717, 1.165) is 38.1 Å². The van der Waals surface area contributed by atoms with Gasteiger partial charge in [-0.15, -0.1) is 0 Å². The van der Waals surface area contributed by atoms with E-state index in [1.54, 1.807) is 7.11 Å². The maximum Gasteiger partial charge on any atom is 0.0962 e. The fourth-order valence-corrected chi connectivity index (χ4v) is 2.97. The molecule has 0 aromatic heterocycles. The van der Waals surface area contributed by atoms with Crippen molar-refractivity contribution >= 4 is 0 Å². The molecule has 2 aliphatic rings. The summed E-state index contributed by atoms with van der Waals surface area (Å²) in [6.45, 7) is 6.42. The molecule has 18 heavy (non-hydrogen) atoms. The van der Waals surface area contributed by atoms with Crippen molar-refractivity contribution in [3.05, 3.63) is 24.0 Å². The minimum absolute atomic E-state index is 0.201. The number of aliphatic hydroxyl groups is 1. The van der Waals surface area contributed by atoms with E-state index in [2.05, 4.69) is 24.8 Å². The van der Waals surface area contributed by atoms with Gasteiger partial charge in [0.1, 0.15) is 0 Å². The summed E-state index contributed by atoms with van der Waals surface area (Å²) < 4.78 is 5.30. The molecule has 1 atom stereocenters. The lowest BCUT2D eigenvalue weighted by molar-refractivity contribution is -0.0607. The molecule has 1 heterocycles. The number of ether oxygens (including phenoxy) is 1. The summed E-state index contributed by atoms with van der Waals surface area (Å²) in [4.78, 5) is 2.44. The Balaban J connectivity index is 1.98. The van der Waals surface area contributed by atoms with Crippen LogP contribution in [0.3, 0.4) is 0 Å². The third-order valence-corrected chi connectivity index (χ3v) is 4.39. The number of hydrogen-bond acceptors (Lipinski definition) is 3. The lowest BCUT2D eigenvalue weighted by Crippen LogP contribution is -2.50. The Labute approximate surface area is 110 Å². The molecule has 0 radical (unpaired) electrons. The van der Waals surface area contributed by atoms with Gasteiger partial charge in [0.25, 0.3) is 0 Å². The van der Waals surface area contributed by atoms with E-state index in [1.807, 2.05) is 12.2 Å². The molecule has 0 aromatic carbocycles. The van der Waals surface area contributed by atoms with Crippen LogP contribution in [-0.4, -0.2) is 41.8 Å². The quantitative estimate of drug-likeness (QED) is 0.835. The molecular weight excluding hydrogens is 226 g/mol. The van der Waals surface area contributed by atoms with E-state index >= 15 is 0 Å². The zero-order valence-corrected chi connectivity index (χ0v) is 11.7. The highest BCUT2D eigenvalue weighted by Crippen LogP contribution is 2.36. The van der Waals surface area contributed by atoms with Crippen LogP contribution in [0.25, 0.3) is 0 Å². The van der Waals surface area contributed by atoms with E-state index in [4.69, 9.17) is 4.74 Å². The van der Waals surface area contributed by atoms with E-state index < -0.39 is 5.60 Å². The van der Waals surface area contributed by atoms with Crippen LogP contribution in [0.15, 0.2) is 24.0 Å². The molecule has 1 fully saturated rings. The Kier molecular flexibility index (Phi) is 4.13. The lowest BCUT2D eigenvalue weighted by atomic mass is 9.76. The summed E-state index contributed by atoms with van der Waals surface area (Å²) in [6, 6.07) is 0.575. The third-order valence-electron chi connectivity index (χ3n) is 4.39. The smallest absolute Gasteiger partial charge is 0.0962 e. The van der Waals surface area contributed by atoms with Gasteiger partial charge in [0.05, 0.1) is 18.5 Å². The Morgan fingerprint density at radius 2 is 2.06 bits per heavy atom. The van der Waals surface area contributed by atoms with Gasteiger partial charge < -0.3 is 14.7 Å². The molecule has 1 unspecified atom stereocenters. The van der Waals surface area contributed by atoms with Crippen molar-refractivity contribution in [3.8, 4) is 0 Å². The van der Waals surface area contributed by atoms with Crippen LogP contribution in [0.2, 0.25) is 0 Å². The van der Waals surface area contributed by atoms with Gasteiger partial charge in [-0.1, -0.05) is 12.2 Å². The Bertz CT molecular complexity index is 338. The van der Waals surface area contributed by atoms with Crippen molar-refractivity contribution in [1.29, 1.82) is 0 Å². The molecule has 3 heteroatoms. The summed E-state index contributed by atoms with van der Waals surface area (Å²) in [5, 5.41) is 10.8. The lowest BCUT2D eigenvalue weighted by Gasteiger charge is -2.44. The van der Waals surface area contributed by atoms with Gasteiger partial charge >= 0.3 is 0 Å². The zero-order chi connectivity index (χ0) is 13.2. The molecule has 0 aromatic rings. The SMILES string of the molecule is COC1=CC=CC(C2(O)CCN(C(C)C)CC2)C1. The van der Waals surface area contributed by atoms with Gasteiger partial charge in [0.2, 0.25) is 0 Å². The van der Waals surface area contributed by atoms with Crippen LogP contribution in [0.4, 0.5) is 0 Å². The average Bonchev–Trinajstić information content (AvgIpc) is 2.39. The van der Waals surface area contributed by atoms with Crippen molar-refractivity contribution in [1.82, 2.24) is 4.90 Å². The monoisotopic (exact) mass is 251 g/mol. The van der Waals surface area contributed by atoms with Crippen LogP contribution in [0.5, 0.6) is 0 Å². The van der Waals surface area contributed by atoms with Crippen molar-refractivity contribution in [2.24, 2.45) is 5.92 Å². The second-order valence-corrected chi connectivity index (χ2v) is 5.77. The number of rotatable bonds is 3. The second-order valence-electron chi connectivity index (χ2n) is 5.77. The standard InChI is InChI=1S/C15H25NO2/c1-12(2)16-9-7-15(17,8-10-16)13-5-4-6-14(11-13)18-3/h4-6,12-13,17H,7-11H2,1-3H3. The fourth-order valence-electron chi connectivity index (χ4n) is 2.97. The highest BCUT2D eigenvalue weighted by molar-refractivity contribution is 5.19. The number of hydrogen-bond donors (Lipinski definition) is 1. The largest absolute Gasteiger partial charge is 0.501 e. The summed E-state index contributed by atoms with van der Waals surface area (Å²) >= 11 is 0. The van der Waals surface area contributed by atoms with Crippen molar-refractivity contribution < 1.29 is 9.84 Å². The molecule has 1 saturated heterocycles. The van der Waals surface area contributed by atoms with E-state index in [-0.39, 0.29) is 5.92 Å². The Morgan fingerprint density at radius 3 is 2.61 bits per heavy atom. The van der Waals surface area contributed by atoms with Gasteiger partial charge in [-0.25, -0.2) is 0 Å². The van der Waals surface area contributed by atoms with E-state index in [1.165, 1.54) is 0 Å². The summed E-state index contributed by atoms with van der Waals surface area (Å²) in [5.74, 6) is 1.17. The highest BCUT2D eigenvalue weighted by Gasteiger charge is 2.39. The predicted octanol–water partition coefficient (Wildman–Crippen LogP) is 2.33. The molecule has 3 nitrogen and oxygen atoms in total. The van der Waals surface area contributed by atoms with Crippen LogP contribution < -0.4 is 0 Å². The Hall–Kier alpha value is -0.800. The minimum Gasteiger partial charge on any atom is -0.501 e. The molecular formula is C15H25NO2. The van der Waals surface area contributed by atoms with Crippen molar-refractivity contribution in [3.63, 3.8) is 0 Å². The molecule has 102 valence electrons. The highest BCUT2D eigenvalue weighted by atomic mass is 16.5. The molecule has 0 saturated carbocycles. The Morgan fingerprint density at radius 1 is 1.39 bits per heavy atom. The summed E-state index contributed by atoms with van der Waals surface area (Å²) in [5.41, 5.74) is -0.556.